The smallest absolute Gasteiger partial charge is 0.208 e. The lowest BCUT2D eigenvalue weighted by molar-refractivity contribution is 0.298. The summed E-state index contributed by atoms with van der Waals surface area (Å²) < 4.78 is 5.01. The van der Waals surface area contributed by atoms with Crippen molar-refractivity contribution in [3.63, 3.8) is 0 Å². The van der Waals surface area contributed by atoms with Crippen molar-refractivity contribution in [3.8, 4) is 0 Å². The maximum Gasteiger partial charge on any atom is 0.208 e. The van der Waals surface area contributed by atoms with Gasteiger partial charge in [-0.05, 0) is 34.6 Å². The number of aromatic nitrogens is 2. The lowest BCUT2D eigenvalue weighted by Gasteiger charge is -2.36. The summed E-state index contributed by atoms with van der Waals surface area (Å²) in [6.45, 7) is 3.75. The van der Waals surface area contributed by atoms with Gasteiger partial charge in [0.05, 0.1) is 0 Å². The molecule has 1 aliphatic rings. The largest absolute Gasteiger partial charge is 0.368 e. The standard InChI is InChI=1S/C18H18N4OS/c1-3-7-15(8-4-1)21-11-13-22(14-12-21)17-18(20-23-19-17)24-16-9-5-2-6-10-16/h1-10H,11-14H2. The molecule has 0 bridgehead atoms. The highest BCUT2D eigenvalue weighted by Crippen LogP contribution is 2.33. The van der Waals surface area contributed by atoms with Crippen LogP contribution in [0.3, 0.4) is 0 Å². The maximum atomic E-state index is 5.01. The number of nitrogens with zero attached hydrogens (tertiary/aromatic N) is 4. The van der Waals surface area contributed by atoms with E-state index in [4.69, 9.17) is 4.63 Å². The van der Waals surface area contributed by atoms with Crippen LogP contribution in [0.4, 0.5) is 11.5 Å². The molecule has 0 spiro atoms. The molecular formula is C18H18N4OS. The van der Waals surface area contributed by atoms with Gasteiger partial charge in [0.1, 0.15) is 0 Å². The summed E-state index contributed by atoms with van der Waals surface area (Å²) in [4.78, 5) is 5.78. The van der Waals surface area contributed by atoms with Gasteiger partial charge in [0.25, 0.3) is 0 Å². The van der Waals surface area contributed by atoms with E-state index in [9.17, 15) is 0 Å². The molecule has 0 saturated carbocycles. The van der Waals surface area contributed by atoms with E-state index in [1.54, 1.807) is 11.8 Å². The van der Waals surface area contributed by atoms with Crippen LogP contribution < -0.4 is 9.80 Å². The Morgan fingerprint density at radius 3 is 2.08 bits per heavy atom. The summed E-state index contributed by atoms with van der Waals surface area (Å²) in [5.41, 5.74) is 1.27. The molecule has 5 nitrogen and oxygen atoms in total. The van der Waals surface area contributed by atoms with Gasteiger partial charge in [-0.3, -0.25) is 0 Å². The van der Waals surface area contributed by atoms with E-state index in [1.807, 2.05) is 24.3 Å². The van der Waals surface area contributed by atoms with Crippen molar-refractivity contribution in [1.29, 1.82) is 0 Å². The number of hydrogen-bond donors (Lipinski definition) is 0. The fraction of sp³-hybridized carbons (Fsp3) is 0.222. The van der Waals surface area contributed by atoms with Crippen LogP contribution in [0.15, 0.2) is 75.2 Å². The molecule has 0 unspecified atom stereocenters. The maximum absolute atomic E-state index is 5.01. The third kappa shape index (κ3) is 3.23. The zero-order valence-electron chi connectivity index (χ0n) is 13.2. The van der Waals surface area contributed by atoms with E-state index in [0.29, 0.717) is 0 Å². The highest BCUT2D eigenvalue weighted by Gasteiger charge is 2.23. The summed E-state index contributed by atoms with van der Waals surface area (Å²) in [5.74, 6) is 0.844. The molecule has 1 aromatic heterocycles. The molecule has 2 aromatic carbocycles. The zero-order chi connectivity index (χ0) is 16.2. The van der Waals surface area contributed by atoms with Crippen molar-refractivity contribution in [3.05, 3.63) is 60.7 Å². The Kier molecular flexibility index (Phi) is 4.38. The van der Waals surface area contributed by atoms with Crippen molar-refractivity contribution >= 4 is 23.3 Å². The number of piperazine rings is 1. The monoisotopic (exact) mass is 338 g/mol. The third-order valence-corrected chi connectivity index (χ3v) is 5.06. The van der Waals surface area contributed by atoms with E-state index in [-0.39, 0.29) is 0 Å². The molecule has 3 aromatic rings. The molecule has 0 amide bonds. The van der Waals surface area contributed by atoms with Crippen LogP contribution in [0.5, 0.6) is 0 Å². The molecule has 0 aliphatic carbocycles. The average molecular weight is 338 g/mol. The predicted octanol–water partition coefficient (Wildman–Crippen LogP) is 3.55. The van der Waals surface area contributed by atoms with Crippen molar-refractivity contribution in [2.24, 2.45) is 0 Å². The number of benzene rings is 2. The number of anilines is 2. The number of para-hydroxylation sites is 1. The first-order valence-electron chi connectivity index (χ1n) is 8.00. The van der Waals surface area contributed by atoms with Crippen LogP contribution >= 0.6 is 11.8 Å². The van der Waals surface area contributed by atoms with E-state index in [1.165, 1.54) is 5.69 Å². The topological polar surface area (TPSA) is 45.4 Å². The van der Waals surface area contributed by atoms with Crippen molar-refractivity contribution in [1.82, 2.24) is 10.3 Å². The molecule has 2 heterocycles. The van der Waals surface area contributed by atoms with Crippen molar-refractivity contribution < 1.29 is 4.63 Å². The zero-order valence-corrected chi connectivity index (χ0v) is 14.0. The van der Waals surface area contributed by atoms with Gasteiger partial charge in [0.15, 0.2) is 5.03 Å². The van der Waals surface area contributed by atoms with Gasteiger partial charge >= 0.3 is 0 Å². The average Bonchev–Trinajstić information content (AvgIpc) is 3.11. The van der Waals surface area contributed by atoms with Gasteiger partial charge in [0.2, 0.25) is 5.82 Å². The Bertz CT molecular complexity index is 770. The molecule has 122 valence electrons. The van der Waals surface area contributed by atoms with Gasteiger partial charge in [-0.15, -0.1) is 0 Å². The number of hydrogen-bond acceptors (Lipinski definition) is 6. The van der Waals surface area contributed by atoms with Gasteiger partial charge in [-0.25, -0.2) is 4.63 Å². The SMILES string of the molecule is c1ccc(Sc2nonc2N2CCN(c3ccccc3)CC2)cc1. The van der Waals surface area contributed by atoms with Crippen LogP contribution in [0.25, 0.3) is 0 Å². The minimum Gasteiger partial charge on any atom is -0.368 e. The van der Waals surface area contributed by atoms with Crippen LogP contribution in [-0.2, 0) is 0 Å². The normalized spacial score (nSPS) is 14.8. The first-order valence-corrected chi connectivity index (χ1v) is 8.82. The molecule has 1 fully saturated rings. The molecule has 24 heavy (non-hydrogen) atoms. The molecule has 0 radical (unpaired) electrons. The minimum atomic E-state index is 0.828. The van der Waals surface area contributed by atoms with Crippen LogP contribution in [0.1, 0.15) is 0 Å². The Morgan fingerprint density at radius 2 is 1.38 bits per heavy atom. The second kappa shape index (κ2) is 6.97. The molecule has 1 aliphatic heterocycles. The highest BCUT2D eigenvalue weighted by molar-refractivity contribution is 7.99. The van der Waals surface area contributed by atoms with Crippen molar-refractivity contribution in [2.45, 2.75) is 9.92 Å². The molecule has 0 N–H and O–H groups in total. The number of rotatable bonds is 4. The van der Waals surface area contributed by atoms with E-state index in [0.717, 1.165) is 41.9 Å². The van der Waals surface area contributed by atoms with Crippen LogP contribution in [0, 0.1) is 0 Å². The second-order valence-corrected chi connectivity index (χ2v) is 6.68. The summed E-state index contributed by atoms with van der Waals surface area (Å²) in [7, 11) is 0. The van der Waals surface area contributed by atoms with E-state index in [2.05, 4.69) is 56.5 Å². The molecule has 6 heteroatoms. The Hall–Kier alpha value is -2.47. The van der Waals surface area contributed by atoms with Crippen molar-refractivity contribution in [2.75, 3.05) is 36.0 Å². The Labute approximate surface area is 145 Å². The minimum absolute atomic E-state index is 0.828. The van der Waals surface area contributed by atoms with Gasteiger partial charge < -0.3 is 9.80 Å². The fourth-order valence-corrected chi connectivity index (χ4v) is 3.69. The molecular weight excluding hydrogens is 320 g/mol. The fourth-order valence-electron chi connectivity index (χ4n) is 2.85. The lowest BCUT2D eigenvalue weighted by Crippen LogP contribution is -2.46. The van der Waals surface area contributed by atoms with E-state index < -0.39 is 0 Å². The Balaban J connectivity index is 1.44. The van der Waals surface area contributed by atoms with Gasteiger partial charge in [-0.2, -0.15) is 0 Å². The van der Waals surface area contributed by atoms with Gasteiger partial charge in [0, 0.05) is 36.8 Å². The third-order valence-electron chi connectivity index (χ3n) is 4.10. The van der Waals surface area contributed by atoms with Gasteiger partial charge in [-0.1, -0.05) is 48.2 Å². The lowest BCUT2D eigenvalue weighted by atomic mass is 10.2. The summed E-state index contributed by atoms with van der Waals surface area (Å²) in [5, 5.41) is 9.05. The second-order valence-electron chi connectivity index (χ2n) is 5.62. The predicted molar refractivity (Wildman–Crippen MR) is 95.7 cm³/mol. The van der Waals surface area contributed by atoms with Crippen LogP contribution in [0.2, 0.25) is 0 Å². The highest BCUT2D eigenvalue weighted by atomic mass is 32.2. The van der Waals surface area contributed by atoms with Crippen LogP contribution in [-0.4, -0.2) is 36.5 Å². The first kappa shape index (κ1) is 15.1. The quantitative estimate of drug-likeness (QED) is 0.725. The Morgan fingerprint density at radius 1 is 0.750 bits per heavy atom. The first-order chi connectivity index (χ1) is 11.9. The molecule has 1 saturated heterocycles. The summed E-state index contributed by atoms with van der Waals surface area (Å²) >= 11 is 1.59. The molecule has 4 rings (SSSR count). The van der Waals surface area contributed by atoms with E-state index >= 15 is 0 Å². The molecule has 0 atom stereocenters. The summed E-state index contributed by atoms with van der Waals surface area (Å²) in [6.07, 6.45) is 0. The summed E-state index contributed by atoms with van der Waals surface area (Å²) in [6, 6.07) is 20.7.